The van der Waals surface area contributed by atoms with E-state index < -0.39 is 5.60 Å². The summed E-state index contributed by atoms with van der Waals surface area (Å²) < 4.78 is 6.63. The van der Waals surface area contributed by atoms with Gasteiger partial charge in [0.1, 0.15) is 5.60 Å². The Labute approximate surface area is 159 Å². The van der Waals surface area contributed by atoms with Gasteiger partial charge in [-0.3, -0.25) is 0 Å². The van der Waals surface area contributed by atoms with Crippen LogP contribution < -0.4 is 5.32 Å². The van der Waals surface area contributed by atoms with Gasteiger partial charge in [0, 0.05) is 19.1 Å². The summed E-state index contributed by atoms with van der Waals surface area (Å²) >= 11 is 0. The molecule has 0 aromatic heterocycles. The largest absolute Gasteiger partial charge is 0.365 e. The van der Waals surface area contributed by atoms with Crippen LogP contribution >= 0.6 is 0 Å². The number of allylic oxidation sites excluding steroid dienone is 1. The average molecular weight is 352 g/mol. The summed E-state index contributed by atoms with van der Waals surface area (Å²) in [6.07, 6.45) is 5.19. The van der Waals surface area contributed by atoms with Crippen LogP contribution in [0, 0.1) is 0 Å². The summed E-state index contributed by atoms with van der Waals surface area (Å²) in [7, 11) is 2.05. The summed E-state index contributed by atoms with van der Waals surface area (Å²) in [6, 6.07) is 21.6. The zero-order chi connectivity index (χ0) is 18.8. The molecular formula is C24H33NO. The highest BCUT2D eigenvalue weighted by atomic mass is 16.5. The lowest BCUT2D eigenvalue weighted by Crippen LogP contribution is -2.40. The molecule has 2 aromatic rings. The van der Waals surface area contributed by atoms with Gasteiger partial charge in [-0.2, -0.15) is 0 Å². The van der Waals surface area contributed by atoms with Crippen LogP contribution in [0.3, 0.4) is 0 Å². The third kappa shape index (κ3) is 5.30. The average Bonchev–Trinajstić information content (AvgIpc) is 2.69. The van der Waals surface area contributed by atoms with Crippen molar-refractivity contribution in [3.8, 4) is 0 Å². The third-order valence-electron chi connectivity index (χ3n) is 4.79. The molecule has 0 saturated heterocycles. The molecule has 1 N–H and O–H groups in total. The Morgan fingerprint density at radius 1 is 1.00 bits per heavy atom. The molecule has 2 aromatic carbocycles. The Hall–Kier alpha value is -1.90. The molecule has 0 heterocycles. The van der Waals surface area contributed by atoms with E-state index in [1.54, 1.807) is 0 Å². The highest BCUT2D eigenvalue weighted by Gasteiger charge is 2.37. The number of benzene rings is 2. The molecule has 1 unspecified atom stereocenters. The van der Waals surface area contributed by atoms with E-state index in [4.69, 9.17) is 4.74 Å². The third-order valence-corrected chi connectivity index (χ3v) is 4.79. The van der Waals surface area contributed by atoms with Crippen LogP contribution in [0.4, 0.5) is 0 Å². The first-order valence-corrected chi connectivity index (χ1v) is 9.68. The highest BCUT2D eigenvalue weighted by Crippen LogP contribution is 2.39. The van der Waals surface area contributed by atoms with Crippen LogP contribution in [-0.4, -0.2) is 19.7 Å². The van der Waals surface area contributed by atoms with E-state index in [-0.39, 0.29) is 0 Å². The van der Waals surface area contributed by atoms with E-state index in [0.29, 0.717) is 6.04 Å². The van der Waals surface area contributed by atoms with Crippen molar-refractivity contribution in [2.45, 2.75) is 51.7 Å². The second-order valence-corrected chi connectivity index (χ2v) is 7.11. The maximum Gasteiger partial charge on any atom is 0.120 e. The van der Waals surface area contributed by atoms with Gasteiger partial charge in [0.25, 0.3) is 0 Å². The van der Waals surface area contributed by atoms with E-state index >= 15 is 0 Å². The van der Waals surface area contributed by atoms with Crippen LogP contribution in [0.5, 0.6) is 0 Å². The molecule has 2 heteroatoms. The van der Waals surface area contributed by atoms with Crippen LogP contribution in [0.2, 0.25) is 0 Å². The molecule has 1 atom stereocenters. The van der Waals surface area contributed by atoms with E-state index in [0.717, 1.165) is 25.9 Å². The zero-order valence-corrected chi connectivity index (χ0v) is 16.7. The van der Waals surface area contributed by atoms with Crippen LogP contribution in [0.1, 0.15) is 51.2 Å². The Morgan fingerprint density at radius 2 is 1.54 bits per heavy atom. The first kappa shape index (κ1) is 20.4. The Morgan fingerprint density at radius 3 is 1.96 bits per heavy atom. The van der Waals surface area contributed by atoms with E-state index in [1.807, 2.05) is 7.05 Å². The Balaban J connectivity index is 2.49. The van der Waals surface area contributed by atoms with Gasteiger partial charge in [0.2, 0.25) is 0 Å². The molecule has 0 fully saturated rings. The standard InChI is InChI=1S/C24H33NO/c1-5-18-26-24(21-12-8-6-9-13-21,22-14-10-7-11-15-22)19-23(25-4)17-16-20(2)3/h6-16,23,25H,5,17-19H2,1-4H3. The summed E-state index contributed by atoms with van der Waals surface area (Å²) in [5, 5.41) is 3.50. The van der Waals surface area contributed by atoms with Crippen molar-refractivity contribution in [1.29, 1.82) is 0 Å². The molecule has 0 radical (unpaired) electrons. The molecule has 0 aliphatic rings. The molecule has 140 valence electrons. The first-order chi connectivity index (χ1) is 12.6. The normalized spacial score (nSPS) is 12.6. The van der Waals surface area contributed by atoms with E-state index in [9.17, 15) is 0 Å². The fraction of sp³-hybridized carbons (Fsp3) is 0.417. The smallest absolute Gasteiger partial charge is 0.120 e. The van der Waals surface area contributed by atoms with Gasteiger partial charge < -0.3 is 10.1 Å². The van der Waals surface area contributed by atoms with Gasteiger partial charge in [0.15, 0.2) is 0 Å². The minimum atomic E-state index is -0.443. The number of ether oxygens (including phenoxy) is 1. The fourth-order valence-corrected chi connectivity index (χ4v) is 3.35. The molecule has 2 nitrogen and oxygen atoms in total. The topological polar surface area (TPSA) is 21.3 Å². The number of rotatable bonds is 10. The van der Waals surface area contributed by atoms with Crippen molar-refractivity contribution in [1.82, 2.24) is 5.32 Å². The minimum Gasteiger partial charge on any atom is -0.365 e. The first-order valence-electron chi connectivity index (χ1n) is 9.68. The molecule has 26 heavy (non-hydrogen) atoms. The molecule has 0 spiro atoms. The van der Waals surface area contributed by atoms with Gasteiger partial charge in [-0.25, -0.2) is 0 Å². The van der Waals surface area contributed by atoms with Crippen molar-refractivity contribution >= 4 is 0 Å². The summed E-state index contributed by atoms with van der Waals surface area (Å²) in [6.45, 7) is 7.21. The molecule has 0 saturated carbocycles. The lowest BCUT2D eigenvalue weighted by atomic mass is 9.80. The van der Waals surface area contributed by atoms with Gasteiger partial charge in [-0.1, -0.05) is 79.2 Å². The molecule has 2 rings (SSSR count). The second-order valence-electron chi connectivity index (χ2n) is 7.11. The summed E-state index contributed by atoms with van der Waals surface area (Å²) in [5.41, 5.74) is 3.35. The van der Waals surface area contributed by atoms with E-state index in [2.05, 4.69) is 92.8 Å². The van der Waals surface area contributed by atoms with Gasteiger partial charge in [-0.15, -0.1) is 0 Å². The number of hydrogen-bond donors (Lipinski definition) is 1. The fourth-order valence-electron chi connectivity index (χ4n) is 3.35. The van der Waals surface area contributed by atoms with E-state index in [1.165, 1.54) is 16.7 Å². The Kier molecular flexibility index (Phi) is 8.08. The maximum atomic E-state index is 6.63. The molecule has 0 aliphatic heterocycles. The lowest BCUT2D eigenvalue weighted by Gasteiger charge is -2.38. The minimum absolute atomic E-state index is 0.335. The van der Waals surface area contributed by atoms with Crippen LogP contribution in [-0.2, 0) is 10.3 Å². The Bertz CT molecular complexity index is 620. The van der Waals surface area contributed by atoms with Gasteiger partial charge in [0.05, 0.1) is 0 Å². The highest BCUT2D eigenvalue weighted by molar-refractivity contribution is 5.37. The van der Waals surface area contributed by atoms with Crippen molar-refractivity contribution in [2.75, 3.05) is 13.7 Å². The lowest BCUT2D eigenvalue weighted by molar-refractivity contribution is -0.0307. The molecular weight excluding hydrogens is 318 g/mol. The number of hydrogen-bond acceptors (Lipinski definition) is 2. The van der Waals surface area contributed by atoms with Crippen molar-refractivity contribution in [3.05, 3.63) is 83.4 Å². The van der Waals surface area contributed by atoms with Crippen molar-refractivity contribution in [3.63, 3.8) is 0 Å². The SMILES string of the molecule is CCCOC(CC(CC=C(C)C)NC)(c1ccccc1)c1ccccc1. The predicted octanol–water partition coefficient (Wildman–Crippen LogP) is 5.69. The van der Waals surface area contributed by atoms with Crippen molar-refractivity contribution < 1.29 is 4.74 Å². The van der Waals surface area contributed by atoms with Crippen molar-refractivity contribution in [2.24, 2.45) is 0 Å². The molecule has 0 bridgehead atoms. The van der Waals surface area contributed by atoms with Gasteiger partial charge >= 0.3 is 0 Å². The summed E-state index contributed by atoms with van der Waals surface area (Å²) in [4.78, 5) is 0. The van der Waals surface area contributed by atoms with Crippen LogP contribution in [0.25, 0.3) is 0 Å². The number of nitrogens with one attached hydrogen (secondary N) is 1. The zero-order valence-electron chi connectivity index (χ0n) is 16.7. The predicted molar refractivity (Wildman–Crippen MR) is 111 cm³/mol. The molecule has 0 aliphatic carbocycles. The quantitative estimate of drug-likeness (QED) is 0.555. The monoisotopic (exact) mass is 351 g/mol. The van der Waals surface area contributed by atoms with Gasteiger partial charge in [-0.05, 0) is 44.9 Å². The molecule has 0 amide bonds. The summed E-state index contributed by atoms with van der Waals surface area (Å²) in [5.74, 6) is 0. The van der Waals surface area contributed by atoms with Crippen LogP contribution in [0.15, 0.2) is 72.3 Å². The second kappa shape index (κ2) is 10.3. The maximum absolute atomic E-state index is 6.63.